The van der Waals surface area contributed by atoms with Crippen molar-refractivity contribution < 1.29 is 19.7 Å². The number of aliphatic hydroxyl groups excluding tert-OH is 2. The van der Waals surface area contributed by atoms with Gasteiger partial charge in [-0.1, -0.05) is 54.6 Å². The van der Waals surface area contributed by atoms with Gasteiger partial charge in [-0.3, -0.25) is 9.48 Å². The maximum absolute atomic E-state index is 13.0. The van der Waals surface area contributed by atoms with E-state index in [0.29, 0.717) is 35.3 Å². The summed E-state index contributed by atoms with van der Waals surface area (Å²) in [6.45, 7) is 0.344. The van der Waals surface area contributed by atoms with Gasteiger partial charge in [-0.25, -0.2) is 9.97 Å². The van der Waals surface area contributed by atoms with Crippen molar-refractivity contribution >= 4 is 22.8 Å². The maximum atomic E-state index is 13.0. The highest BCUT2D eigenvalue weighted by atomic mass is 16.6. The monoisotopic (exact) mass is 539 g/mol. The molecule has 1 fully saturated rings. The van der Waals surface area contributed by atoms with Gasteiger partial charge in [0, 0.05) is 31.5 Å². The van der Waals surface area contributed by atoms with Crippen LogP contribution in [0.5, 0.6) is 0 Å². The number of rotatable bonds is 7. The molecule has 4 atom stereocenters. The van der Waals surface area contributed by atoms with Crippen LogP contribution in [0, 0.1) is 0 Å². The van der Waals surface area contributed by atoms with Crippen LogP contribution in [0.25, 0.3) is 33.4 Å². The molecule has 40 heavy (non-hydrogen) atoms. The van der Waals surface area contributed by atoms with Crippen LogP contribution in [0.2, 0.25) is 0 Å². The zero-order valence-electron chi connectivity index (χ0n) is 21.8. The average molecular weight is 540 g/mol. The van der Waals surface area contributed by atoms with E-state index in [1.807, 2.05) is 48.5 Å². The molecule has 0 saturated carbocycles. The van der Waals surface area contributed by atoms with Crippen LogP contribution in [0.4, 0.5) is 5.82 Å². The number of benzene rings is 2. The second-order valence-corrected chi connectivity index (χ2v) is 9.81. The summed E-state index contributed by atoms with van der Waals surface area (Å²) in [5.74, 6) is -0.269. The number of aliphatic hydroxyl groups is 2. The lowest BCUT2D eigenvalue weighted by molar-refractivity contribution is -0.137. The molecule has 11 heteroatoms. The lowest BCUT2D eigenvalue weighted by Crippen LogP contribution is -2.43. The van der Waals surface area contributed by atoms with Crippen molar-refractivity contribution in [3.05, 3.63) is 84.9 Å². The smallest absolute Gasteiger partial charge is 0.252 e. The van der Waals surface area contributed by atoms with E-state index in [1.165, 1.54) is 6.33 Å². The number of carbonyl (C=O) groups is 1. The fourth-order valence-corrected chi connectivity index (χ4v) is 5.09. The Morgan fingerprint density at radius 1 is 1.02 bits per heavy atom. The van der Waals surface area contributed by atoms with Crippen molar-refractivity contribution in [3.63, 3.8) is 0 Å². The normalized spacial score (nSPS) is 20.7. The molecular weight excluding hydrogens is 510 g/mol. The Labute approximate surface area is 229 Å². The van der Waals surface area contributed by atoms with E-state index < -0.39 is 30.4 Å². The molecule has 0 radical (unpaired) electrons. The number of nitrogen functional groups attached to an aromatic ring is 1. The minimum atomic E-state index is -1.44. The van der Waals surface area contributed by atoms with E-state index in [-0.39, 0.29) is 5.82 Å². The number of aryl methyl sites for hydroxylation is 1. The first-order valence-corrected chi connectivity index (χ1v) is 13.0. The van der Waals surface area contributed by atoms with Gasteiger partial charge in [0.05, 0.1) is 11.1 Å². The van der Waals surface area contributed by atoms with E-state index in [9.17, 15) is 15.0 Å². The second kappa shape index (κ2) is 10.5. The number of aromatic nitrogens is 5. The average Bonchev–Trinajstić information content (AvgIpc) is 3.65. The fourth-order valence-electron chi connectivity index (χ4n) is 5.09. The predicted octanol–water partition coefficient (Wildman–Crippen LogP) is 2.06. The molecule has 0 bridgehead atoms. The number of carbonyl (C=O) groups excluding carboxylic acids is 1. The first-order valence-electron chi connectivity index (χ1n) is 13.0. The van der Waals surface area contributed by atoms with Gasteiger partial charge in [0.2, 0.25) is 0 Å². The predicted molar refractivity (Wildman–Crippen MR) is 149 cm³/mol. The number of amides is 1. The van der Waals surface area contributed by atoms with Gasteiger partial charge in [-0.2, -0.15) is 5.10 Å². The molecule has 5 aromatic rings. The zero-order valence-corrected chi connectivity index (χ0v) is 21.8. The maximum Gasteiger partial charge on any atom is 0.252 e. The molecule has 4 heterocycles. The molecule has 0 unspecified atom stereocenters. The quantitative estimate of drug-likeness (QED) is 0.245. The SMILES string of the molecule is Cn1ccc(-c2cn([C@@H]3O[C@H](C(=O)NCCc4ccc(-c5ccccc5)cc4)[C@@H](O)[C@H]3O)c3ncnc(N)c23)n1. The Kier molecular flexibility index (Phi) is 6.76. The van der Waals surface area contributed by atoms with Crippen LogP contribution in [0.15, 0.2) is 79.4 Å². The first-order chi connectivity index (χ1) is 19.4. The van der Waals surface area contributed by atoms with Gasteiger partial charge < -0.3 is 30.6 Å². The summed E-state index contributed by atoms with van der Waals surface area (Å²) >= 11 is 0. The van der Waals surface area contributed by atoms with Crippen molar-refractivity contribution in [1.29, 1.82) is 0 Å². The molecule has 204 valence electrons. The Morgan fingerprint density at radius 2 is 1.77 bits per heavy atom. The Bertz CT molecular complexity index is 1650. The number of fused-ring (bicyclic) bond motifs is 1. The molecule has 0 aliphatic carbocycles. The van der Waals surface area contributed by atoms with Crippen molar-refractivity contribution in [3.8, 4) is 22.4 Å². The van der Waals surface area contributed by atoms with Crippen LogP contribution >= 0.6 is 0 Å². The number of anilines is 1. The van der Waals surface area contributed by atoms with Gasteiger partial charge in [0.15, 0.2) is 12.3 Å². The third-order valence-corrected chi connectivity index (χ3v) is 7.17. The third-order valence-electron chi connectivity index (χ3n) is 7.17. The molecule has 1 amide bonds. The van der Waals surface area contributed by atoms with Crippen LogP contribution in [0.3, 0.4) is 0 Å². The highest BCUT2D eigenvalue weighted by Crippen LogP contribution is 2.38. The van der Waals surface area contributed by atoms with E-state index in [4.69, 9.17) is 10.5 Å². The summed E-state index contributed by atoms with van der Waals surface area (Å²) in [5.41, 5.74) is 11.2. The minimum absolute atomic E-state index is 0.239. The van der Waals surface area contributed by atoms with E-state index in [1.54, 1.807) is 28.7 Å². The second-order valence-electron chi connectivity index (χ2n) is 9.81. The van der Waals surface area contributed by atoms with Gasteiger partial charge in [0.1, 0.15) is 30.0 Å². The summed E-state index contributed by atoms with van der Waals surface area (Å²) in [5, 5.41) is 29.4. The lowest BCUT2D eigenvalue weighted by atomic mass is 10.0. The number of nitrogens with zero attached hydrogens (tertiary/aromatic N) is 5. The van der Waals surface area contributed by atoms with Crippen molar-refractivity contribution in [2.75, 3.05) is 12.3 Å². The van der Waals surface area contributed by atoms with Gasteiger partial charge in [-0.15, -0.1) is 0 Å². The number of ether oxygens (including phenoxy) is 1. The third kappa shape index (κ3) is 4.70. The van der Waals surface area contributed by atoms with Gasteiger partial charge in [0.25, 0.3) is 5.91 Å². The number of hydrogen-bond donors (Lipinski definition) is 4. The zero-order chi connectivity index (χ0) is 27.8. The van der Waals surface area contributed by atoms with Gasteiger partial charge >= 0.3 is 0 Å². The van der Waals surface area contributed by atoms with Crippen LogP contribution in [-0.2, 0) is 23.0 Å². The molecule has 6 rings (SSSR count). The highest BCUT2D eigenvalue weighted by Gasteiger charge is 2.47. The van der Waals surface area contributed by atoms with E-state index >= 15 is 0 Å². The topological polar surface area (TPSA) is 153 Å². The van der Waals surface area contributed by atoms with Crippen molar-refractivity contribution in [2.24, 2.45) is 7.05 Å². The standard InChI is InChI=1S/C29H29N7O4/c1-35-14-12-21(34-35)20-15-36(27-22(20)26(30)32-16-33-27)29-24(38)23(37)25(40-29)28(39)31-13-11-17-7-9-19(10-8-17)18-5-3-2-4-6-18/h2-10,12,14-16,23-25,29,37-38H,11,13H2,1H3,(H,31,39)(H2,30,32,33)/t23-,24+,25-,29+/m0/s1. The lowest BCUT2D eigenvalue weighted by Gasteiger charge is -2.17. The highest BCUT2D eigenvalue weighted by molar-refractivity contribution is 5.99. The van der Waals surface area contributed by atoms with Crippen molar-refractivity contribution in [2.45, 2.75) is 31.0 Å². The summed E-state index contributed by atoms with van der Waals surface area (Å²) in [6, 6.07) is 20.1. The molecular formula is C29H29N7O4. The number of nitrogens with one attached hydrogen (secondary N) is 1. The summed E-state index contributed by atoms with van der Waals surface area (Å²) in [6.07, 6.45) is 0.224. The number of nitrogens with two attached hydrogens (primary N) is 1. The molecule has 5 N–H and O–H groups in total. The molecule has 11 nitrogen and oxygen atoms in total. The molecule has 2 aromatic carbocycles. The summed E-state index contributed by atoms with van der Waals surface area (Å²) in [4.78, 5) is 21.4. The molecule has 1 aliphatic rings. The van der Waals surface area contributed by atoms with E-state index in [2.05, 4.69) is 32.5 Å². The Hall–Kier alpha value is -4.58. The minimum Gasteiger partial charge on any atom is -0.387 e. The molecule has 3 aromatic heterocycles. The Morgan fingerprint density at radius 3 is 2.50 bits per heavy atom. The summed E-state index contributed by atoms with van der Waals surface area (Å²) < 4.78 is 9.14. The molecule has 1 aliphatic heterocycles. The van der Waals surface area contributed by atoms with Crippen LogP contribution < -0.4 is 11.1 Å². The van der Waals surface area contributed by atoms with E-state index in [0.717, 1.165) is 16.7 Å². The molecule has 0 spiro atoms. The number of hydrogen-bond acceptors (Lipinski definition) is 8. The van der Waals surface area contributed by atoms with Crippen LogP contribution in [-0.4, -0.2) is 65.3 Å². The van der Waals surface area contributed by atoms with Crippen LogP contribution in [0.1, 0.15) is 11.8 Å². The largest absolute Gasteiger partial charge is 0.387 e. The summed E-state index contributed by atoms with van der Waals surface area (Å²) in [7, 11) is 1.80. The first kappa shape index (κ1) is 25.7. The van der Waals surface area contributed by atoms with Crippen molar-refractivity contribution in [1.82, 2.24) is 29.6 Å². The molecule has 1 saturated heterocycles. The van der Waals surface area contributed by atoms with Gasteiger partial charge in [-0.05, 0) is 29.2 Å². The Balaban J connectivity index is 1.15. The fraction of sp³-hybridized carbons (Fsp3) is 0.241.